The fraction of sp³-hybridized carbons (Fsp3) is 0.250. The number of pyridine rings is 1. The van der Waals surface area contributed by atoms with Crippen LogP contribution in [0.3, 0.4) is 0 Å². The van der Waals surface area contributed by atoms with Crippen molar-refractivity contribution in [2.24, 2.45) is 0 Å². The Morgan fingerprint density at radius 3 is 2.70 bits per heavy atom. The molecule has 0 saturated carbocycles. The Labute approximate surface area is 180 Å². The number of likely N-dealkylation sites (N-methyl/N-ethyl adjacent to an activating group) is 1. The summed E-state index contributed by atoms with van der Waals surface area (Å²) in [5.41, 5.74) is 6.79. The molecular formula is C24H25N3O2S. The molecule has 0 aliphatic heterocycles. The van der Waals surface area contributed by atoms with Crippen LogP contribution in [-0.4, -0.2) is 48.1 Å². The van der Waals surface area contributed by atoms with E-state index in [-0.39, 0.29) is 5.97 Å². The van der Waals surface area contributed by atoms with Crippen LogP contribution in [-0.2, 0) is 11.2 Å². The van der Waals surface area contributed by atoms with Gasteiger partial charge in [0, 0.05) is 58.1 Å². The van der Waals surface area contributed by atoms with Crippen LogP contribution in [0.4, 0.5) is 0 Å². The lowest BCUT2D eigenvalue weighted by molar-refractivity contribution is 0.0603. The molecule has 4 aromatic rings. The van der Waals surface area contributed by atoms with Crippen LogP contribution in [0.1, 0.15) is 23.0 Å². The van der Waals surface area contributed by atoms with E-state index in [1.165, 1.54) is 7.11 Å². The normalized spacial score (nSPS) is 12.4. The Morgan fingerprint density at radius 1 is 1.20 bits per heavy atom. The summed E-state index contributed by atoms with van der Waals surface area (Å²) in [5.74, 6) is -0.338. The number of rotatable bonds is 6. The zero-order valence-electron chi connectivity index (χ0n) is 17.6. The molecule has 0 saturated heterocycles. The molecule has 4 rings (SSSR count). The van der Waals surface area contributed by atoms with Gasteiger partial charge >= 0.3 is 5.97 Å². The summed E-state index contributed by atoms with van der Waals surface area (Å²) in [6, 6.07) is 10.3. The average Bonchev–Trinajstić information content (AvgIpc) is 3.41. The third-order valence-corrected chi connectivity index (χ3v) is 6.25. The number of carbonyl (C=O) groups excluding carboxylic acids is 1. The molecule has 0 bridgehead atoms. The van der Waals surface area contributed by atoms with Crippen molar-refractivity contribution in [1.82, 2.24) is 14.9 Å². The minimum atomic E-state index is -0.338. The van der Waals surface area contributed by atoms with Crippen LogP contribution < -0.4 is 0 Å². The number of nitrogens with zero attached hydrogens (tertiary/aromatic N) is 2. The number of hydrogen-bond acceptors (Lipinski definition) is 5. The van der Waals surface area contributed by atoms with Gasteiger partial charge in [0.05, 0.1) is 12.7 Å². The number of aromatic nitrogens is 2. The van der Waals surface area contributed by atoms with Gasteiger partial charge in [-0.15, -0.1) is 0 Å². The maximum absolute atomic E-state index is 12.5. The first-order valence-corrected chi connectivity index (χ1v) is 10.8. The first kappa shape index (κ1) is 20.3. The minimum absolute atomic E-state index is 0.325. The summed E-state index contributed by atoms with van der Waals surface area (Å²) >= 11 is 1.66. The zero-order valence-corrected chi connectivity index (χ0v) is 18.4. The second kappa shape index (κ2) is 8.42. The molecule has 6 heteroatoms. The molecule has 0 amide bonds. The van der Waals surface area contributed by atoms with Crippen LogP contribution in [0.15, 0.2) is 53.5 Å². The molecule has 1 unspecified atom stereocenters. The predicted octanol–water partition coefficient (Wildman–Crippen LogP) is 5.24. The van der Waals surface area contributed by atoms with Crippen LogP contribution in [0, 0.1) is 0 Å². The van der Waals surface area contributed by atoms with Gasteiger partial charge in [-0.2, -0.15) is 11.3 Å². The third-order valence-electron chi connectivity index (χ3n) is 5.57. The minimum Gasteiger partial charge on any atom is -0.465 e. The summed E-state index contributed by atoms with van der Waals surface area (Å²) in [4.78, 5) is 22.8. The second-order valence-electron chi connectivity index (χ2n) is 7.69. The summed E-state index contributed by atoms with van der Waals surface area (Å²) in [6.45, 7) is 2.19. The van der Waals surface area contributed by atoms with Gasteiger partial charge in [0.1, 0.15) is 0 Å². The summed E-state index contributed by atoms with van der Waals surface area (Å²) in [6.07, 6.45) is 4.57. The molecule has 3 aromatic heterocycles. The molecule has 1 aromatic carbocycles. The van der Waals surface area contributed by atoms with Crippen molar-refractivity contribution >= 4 is 28.2 Å². The standard InChI is InChI=1S/C24H25N3O2S/c1-15(27(2)3)10-21-22(18-11-17(12-25-13-18)16-8-9-30-14-16)23-19(24(28)29-4)6-5-7-20(23)26-21/h5-9,11-15,26H,10H2,1-4H3. The Balaban J connectivity index is 1.96. The van der Waals surface area contributed by atoms with Gasteiger partial charge in [-0.1, -0.05) is 6.07 Å². The van der Waals surface area contributed by atoms with E-state index in [1.54, 1.807) is 11.3 Å². The SMILES string of the molecule is COC(=O)c1cccc2[nH]c(CC(C)N(C)C)c(-c3cncc(-c4ccsc4)c3)c12. The topological polar surface area (TPSA) is 58.2 Å². The van der Waals surface area contributed by atoms with Crippen molar-refractivity contribution in [3.05, 3.63) is 64.7 Å². The van der Waals surface area contributed by atoms with E-state index >= 15 is 0 Å². The largest absolute Gasteiger partial charge is 0.465 e. The van der Waals surface area contributed by atoms with Crippen molar-refractivity contribution in [2.75, 3.05) is 21.2 Å². The number of nitrogens with one attached hydrogen (secondary N) is 1. The Hall–Kier alpha value is -2.96. The number of fused-ring (bicyclic) bond motifs is 1. The quantitative estimate of drug-likeness (QED) is 0.434. The molecule has 0 fully saturated rings. The number of benzene rings is 1. The molecular weight excluding hydrogens is 394 g/mol. The first-order chi connectivity index (χ1) is 14.5. The van der Waals surface area contributed by atoms with Gasteiger partial charge in [-0.3, -0.25) is 4.98 Å². The third kappa shape index (κ3) is 3.76. The summed E-state index contributed by atoms with van der Waals surface area (Å²) < 4.78 is 5.07. The van der Waals surface area contributed by atoms with Gasteiger partial charge in [-0.25, -0.2) is 4.79 Å². The highest BCUT2D eigenvalue weighted by Crippen LogP contribution is 2.37. The molecule has 30 heavy (non-hydrogen) atoms. The van der Waals surface area contributed by atoms with Crippen LogP contribution in [0.2, 0.25) is 0 Å². The lowest BCUT2D eigenvalue weighted by atomic mass is 9.95. The van der Waals surface area contributed by atoms with E-state index in [0.717, 1.165) is 45.3 Å². The van der Waals surface area contributed by atoms with Crippen molar-refractivity contribution in [2.45, 2.75) is 19.4 Å². The fourth-order valence-electron chi connectivity index (χ4n) is 3.69. The highest BCUT2D eigenvalue weighted by atomic mass is 32.1. The molecule has 0 aliphatic carbocycles. The lowest BCUT2D eigenvalue weighted by Gasteiger charge is -2.20. The second-order valence-corrected chi connectivity index (χ2v) is 8.47. The molecule has 154 valence electrons. The fourth-order valence-corrected chi connectivity index (χ4v) is 4.36. The summed E-state index contributed by atoms with van der Waals surface area (Å²) in [7, 11) is 5.57. The Morgan fingerprint density at radius 2 is 2.00 bits per heavy atom. The van der Waals surface area contributed by atoms with E-state index in [1.807, 2.05) is 30.6 Å². The van der Waals surface area contributed by atoms with Crippen LogP contribution in [0.5, 0.6) is 0 Å². The predicted molar refractivity (Wildman–Crippen MR) is 123 cm³/mol. The maximum Gasteiger partial charge on any atom is 0.338 e. The van der Waals surface area contributed by atoms with Gasteiger partial charge in [0.25, 0.3) is 0 Å². The van der Waals surface area contributed by atoms with Crippen molar-refractivity contribution < 1.29 is 9.53 Å². The van der Waals surface area contributed by atoms with Crippen LogP contribution >= 0.6 is 11.3 Å². The number of carbonyl (C=O) groups is 1. The Bertz CT molecular complexity index is 1180. The number of methoxy groups -OCH3 is 1. The number of hydrogen-bond donors (Lipinski definition) is 1. The van der Waals surface area contributed by atoms with E-state index < -0.39 is 0 Å². The van der Waals surface area contributed by atoms with Gasteiger partial charge in [0.2, 0.25) is 0 Å². The highest BCUT2D eigenvalue weighted by Gasteiger charge is 2.22. The van der Waals surface area contributed by atoms with Gasteiger partial charge in [0.15, 0.2) is 0 Å². The zero-order chi connectivity index (χ0) is 21.3. The van der Waals surface area contributed by atoms with E-state index in [9.17, 15) is 4.79 Å². The van der Waals surface area contributed by atoms with Crippen molar-refractivity contribution in [1.29, 1.82) is 0 Å². The van der Waals surface area contributed by atoms with E-state index in [2.05, 4.69) is 58.8 Å². The van der Waals surface area contributed by atoms with Crippen molar-refractivity contribution in [3.63, 3.8) is 0 Å². The average molecular weight is 420 g/mol. The molecule has 0 aliphatic rings. The molecule has 0 spiro atoms. The molecule has 3 heterocycles. The lowest BCUT2D eigenvalue weighted by Crippen LogP contribution is -2.27. The number of aromatic amines is 1. The first-order valence-electron chi connectivity index (χ1n) is 9.86. The van der Waals surface area contributed by atoms with E-state index in [0.29, 0.717) is 11.6 Å². The molecule has 1 N–H and O–H groups in total. The monoisotopic (exact) mass is 419 g/mol. The molecule has 1 atom stereocenters. The van der Waals surface area contributed by atoms with Gasteiger partial charge < -0.3 is 14.6 Å². The number of H-pyrrole nitrogens is 1. The smallest absolute Gasteiger partial charge is 0.338 e. The van der Waals surface area contributed by atoms with E-state index in [4.69, 9.17) is 4.74 Å². The van der Waals surface area contributed by atoms with Gasteiger partial charge in [-0.05, 0) is 61.6 Å². The number of thiophene rings is 1. The molecule has 5 nitrogen and oxygen atoms in total. The Kier molecular flexibility index (Phi) is 5.70. The van der Waals surface area contributed by atoms with Crippen LogP contribution in [0.25, 0.3) is 33.2 Å². The number of esters is 1. The van der Waals surface area contributed by atoms with Crippen molar-refractivity contribution in [3.8, 4) is 22.3 Å². The molecule has 0 radical (unpaired) electrons. The number of ether oxygens (including phenoxy) is 1. The highest BCUT2D eigenvalue weighted by molar-refractivity contribution is 7.08. The maximum atomic E-state index is 12.5. The summed E-state index contributed by atoms with van der Waals surface area (Å²) in [5, 5.41) is 5.06.